The van der Waals surface area contributed by atoms with Gasteiger partial charge in [-0.05, 0) is 43.7 Å². The van der Waals surface area contributed by atoms with Crippen molar-refractivity contribution in [3.05, 3.63) is 36.0 Å². The van der Waals surface area contributed by atoms with E-state index in [1.807, 2.05) is 24.3 Å². The number of aromatic amines is 1. The van der Waals surface area contributed by atoms with E-state index in [1.165, 1.54) is 4.90 Å². The number of hydrogen-bond acceptors (Lipinski definition) is 2. The molecule has 132 valence electrons. The maximum Gasteiger partial charge on any atom is 0.270 e. The van der Waals surface area contributed by atoms with Crippen molar-refractivity contribution in [2.45, 2.75) is 31.4 Å². The third kappa shape index (κ3) is 3.25. The van der Waals surface area contributed by atoms with Crippen LogP contribution in [0.5, 0.6) is 0 Å². The average molecular weight is 343 g/mol. The molecule has 5 nitrogen and oxygen atoms in total. The number of nitrogens with one attached hydrogen (secondary N) is 2. The summed E-state index contributed by atoms with van der Waals surface area (Å²) >= 11 is 0. The highest BCUT2D eigenvalue weighted by atomic mass is 19.1. The highest BCUT2D eigenvalue weighted by molar-refractivity contribution is 5.98. The molecule has 1 aliphatic carbocycles. The van der Waals surface area contributed by atoms with Crippen molar-refractivity contribution in [2.75, 3.05) is 19.6 Å². The number of likely N-dealkylation sites (tertiary alicyclic amines) is 1. The van der Waals surface area contributed by atoms with E-state index in [-0.39, 0.29) is 18.9 Å². The van der Waals surface area contributed by atoms with Gasteiger partial charge in [-0.25, -0.2) is 4.39 Å². The maximum absolute atomic E-state index is 15.2. The molecule has 0 radical (unpaired) electrons. The van der Waals surface area contributed by atoms with Crippen LogP contribution < -0.4 is 5.32 Å². The van der Waals surface area contributed by atoms with Crippen LogP contribution in [0.25, 0.3) is 10.9 Å². The predicted molar refractivity (Wildman–Crippen MR) is 93.0 cm³/mol. The lowest BCUT2D eigenvalue weighted by atomic mass is 9.93. The summed E-state index contributed by atoms with van der Waals surface area (Å²) in [5.41, 5.74) is -0.685. The molecule has 2 heterocycles. The Morgan fingerprint density at radius 1 is 1.32 bits per heavy atom. The second-order valence-corrected chi connectivity index (χ2v) is 7.22. The molecule has 2 aliphatic rings. The van der Waals surface area contributed by atoms with Crippen LogP contribution in [0.4, 0.5) is 4.39 Å². The number of fused-ring (bicyclic) bond motifs is 1. The molecule has 2 aromatic rings. The second-order valence-electron chi connectivity index (χ2n) is 7.22. The molecular weight excluding hydrogens is 321 g/mol. The molecule has 1 aromatic heterocycles. The standard InChI is InChI=1S/C19H22FN3O2/c20-19(18(25)21-11-13-6-7-13)8-3-9-23(12-19)17(24)16-10-14-4-1-2-5-15(14)22-16/h1-2,4-5,10,13,22H,3,6-9,11-12H2,(H,21,25). The molecule has 0 spiro atoms. The van der Waals surface area contributed by atoms with Crippen molar-refractivity contribution in [3.63, 3.8) is 0 Å². The minimum absolute atomic E-state index is 0.167. The lowest BCUT2D eigenvalue weighted by Gasteiger charge is -2.36. The molecule has 1 saturated carbocycles. The van der Waals surface area contributed by atoms with Gasteiger partial charge in [0, 0.05) is 24.0 Å². The lowest BCUT2D eigenvalue weighted by molar-refractivity contribution is -0.135. The molecule has 2 amide bonds. The van der Waals surface area contributed by atoms with Crippen molar-refractivity contribution < 1.29 is 14.0 Å². The number of nitrogens with zero attached hydrogens (tertiary/aromatic N) is 1. The summed E-state index contributed by atoms with van der Waals surface area (Å²) in [4.78, 5) is 29.6. The number of H-pyrrole nitrogens is 1. The lowest BCUT2D eigenvalue weighted by Crippen LogP contribution is -2.56. The average Bonchev–Trinajstić information content (AvgIpc) is 3.35. The van der Waals surface area contributed by atoms with Crippen LogP contribution >= 0.6 is 0 Å². The normalized spacial score (nSPS) is 23.6. The molecule has 1 aliphatic heterocycles. The van der Waals surface area contributed by atoms with E-state index in [9.17, 15) is 9.59 Å². The monoisotopic (exact) mass is 343 g/mol. The second kappa shape index (κ2) is 6.17. The Kier molecular flexibility index (Phi) is 3.98. The van der Waals surface area contributed by atoms with Crippen molar-refractivity contribution in [2.24, 2.45) is 5.92 Å². The summed E-state index contributed by atoms with van der Waals surface area (Å²) in [7, 11) is 0. The fraction of sp³-hybridized carbons (Fsp3) is 0.474. The summed E-state index contributed by atoms with van der Waals surface area (Å²) in [6, 6.07) is 9.39. The van der Waals surface area contributed by atoms with Gasteiger partial charge in [-0.2, -0.15) is 0 Å². The largest absolute Gasteiger partial charge is 0.353 e. The Morgan fingerprint density at radius 3 is 2.88 bits per heavy atom. The number of benzene rings is 1. The highest BCUT2D eigenvalue weighted by Crippen LogP contribution is 2.30. The van der Waals surface area contributed by atoms with Gasteiger partial charge in [0.15, 0.2) is 0 Å². The number of amides is 2. The number of para-hydroxylation sites is 1. The van der Waals surface area contributed by atoms with Crippen LogP contribution in [0.3, 0.4) is 0 Å². The van der Waals surface area contributed by atoms with Crippen LogP contribution in [-0.4, -0.2) is 47.0 Å². The number of aromatic nitrogens is 1. The molecule has 2 fully saturated rings. The van der Waals surface area contributed by atoms with Crippen molar-refractivity contribution in [1.82, 2.24) is 15.2 Å². The van der Waals surface area contributed by atoms with Crippen molar-refractivity contribution in [3.8, 4) is 0 Å². The zero-order valence-electron chi connectivity index (χ0n) is 14.1. The maximum atomic E-state index is 15.2. The Morgan fingerprint density at radius 2 is 2.12 bits per heavy atom. The first-order chi connectivity index (χ1) is 12.0. The molecule has 1 aromatic carbocycles. The number of carbonyl (C=O) groups is 2. The third-order valence-corrected chi connectivity index (χ3v) is 5.15. The van der Waals surface area contributed by atoms with Crippen LogP contribution in [0.1, 0.15) is 36.2 Å². The van der Waals surface area contributed by atoms with E-state index in [0.717, 1.165) is 23.7 Å². The first-order valence-corrected chi connectivity index (χ1v) is 8.89. The van der Waals surface area contributed by atoms with E-state index >= 15 is 4.39 Å². The molecule has 2 N–H and O–H groups in total. The Bertz CT molecular complexity index is 781. The topological polar surface area (TPSA) is 65.2 Å². The van der Waals surface area contributed by atoms with Gasteiger partial charge >= 0.3 is 0 Å². The Labute approximate surface area is 145 Å². The Hall–Kier alpha value is -2.37. The first kappa shape index (κ1) is 16.1. The fourth-order valence-electron chi connectivity index (χ4n) is 3.45. The molecule has 1 atom stereocenters. The van der Waals surface area contributed by atoms with Gasteiger partial charge in [-0.3, -0.25) is 9.59 Å². The van der Waals surface area contributed by atoms with Gasteiger partial charge in [-0.1, -0.05) is 18.2 Å². The van der Waals surface area contributed by atoms with Crippen LogP contribution in [0.2, 0.25) is 0 Å². The number of alkyl halides is 1. The van der Waals surface area contributed by atoms with Crippen molar-refractivity contribution in [1.29, 1.82) is 0 Å². The molecule has 4 rings (SSSR count). The minimum Gasteiger partial charge on any atom is -0.353 e. The summed E-state index contributed by atoms with van der Waals surface area (Å²) in [6.07, 6.45) is 2.86. The van der Waals surface area contributed by atoms with E-state index in [4.69, 9.17) is 0 Å². The number of halogens is 1. The quantitative estimate of drug-likeness (QED) is 0.896. The number of hydrogen-bond donors (Lipinski definition) is 2. The van der Waals surface area contributed by atoms with E-state index in [2.05, 4.69) is 10.3 Å². The third-order valence-electron chi connectivity index (χ3n) is 5.15. The molecular formula is C19H22FN3O2. The number of piperidine rings is 1. The molecule has 25 heavy (non-hydrogen) atoms. The van der Waals surface area contributed by atoms with Gasteiger partial charge in [0.1, 0.15) is 5.69 Å². The Balaban J connectivity index is 1.47. The van der Waals surface area contributed by atoms with Gasteiger partial charge < -0.3 is 15.2 Å². The predicted octanol–water partition coefficient (Wildman–Crippen LogP) is 2.64. The van der Waals surface area contributed by atoms with Gasteiger partial charge in [-0.15, -0.1) is 0 Å². The molecule has 1 unspecified atom stereocenters. The van der Waals surface area contributed by atoms with E-state index in [0.29, 0.717) is 31.1 Å². The van der Waals surface area contributed by atoms with E-state index < -0.39 is 11.6 Å². The summed E-state index contributed by atoms with van der Waals surface area (Å²) in [5, 5.41) is 3.66. The molecule has 0 bridgehead atoms. The summed E-state index contributed by atoms with van der Waals surface area (Å²) in [5.74, 6) is -0.332. The van der Waals surface area contributed by atoms with Crippen LogP contribution in [-0.2, 0) is 4.79 Å². The highest BCUT2D eigenvalue weighted by Gasteiger charge is 2.44. The van der Waals surface area contributed by atoms with Crippen LogP contribution in [0.15, 0.2) is 30.3 Å². The number of carbonyl (C=O) groups excluding carboxylic acids is 2. The molecule has 6 heteroatoms. The van der Waals surface area contributed by atoms with Gasteiger partial charge in [0.25, 0.3) is 11.8 Å². The van der Waals surface area contributed by atoms with Crippen molar-refractivity contribution >= 4 is 22.7 Å². The summed E-state index contributed by atoms with van der Waals surface area (Å²) < 4.78 is 15.2. The minimum atomic E-state index is -1.99. The zero-order chi connectivity index (χ0) is 17.4. The fourth-order valence-corrected chi connectivity index (χ4v) is 3.45. The van der Waals surface area contributed by atoms with Gasteiger partial charge in [0.05, 0.1) is 6.54 Å². The molecule has 1 saturated heterocycles. The zero-order valence-corrected chi connectivity index (χ0v) is 14.1. The smallest absolute Gasteiger partial charge is 0.270 e. The van der Waals surface area contributed by atoms with Crippen LogP contribution in [0, 0.1) is 5.92 Å². The SMILES string of the molecule is O=C(c1cc2ccccc2[nH]1)N1CCCC(F)(C(=O)NCC2CC2)C1. The first-order valence-electron chi connectivity index (χ1n) is 8.89. The van der Waals surface area contributed by atoms with E-state index in [1.54, 1.807) is 6.07 Å². The van der Waals surface area contributed by atoms with Gasteiger partial charge in [0.2, 0.25) is 5.67 Å². The summed E-state index contributed by atoms with van der Waals surface area (Å²) in [6.45, 7) is 0.827. The number of rotatable bonds is 4.